The van der Waals surface area contributed by atoms with Crippen LogP contribution in [0.1, 0.15) is 34.1 Å². The Morgan fingerprint density at radius 2 is 0.778 bits per heavy atom. The largest absolute Gasteiger partial charge is 4.00 e. The van der Waals surface area contributed by atoms with Gasteiger partial charge in [0.2, 0.25) is 0 Å². The molecule has 0 saturated heterocycles. The topological polar surface area (TPSA) is 120 Å². The van der Waals surface area contributed by atoms with E-state index in [-0.39, 0.29) is 17.1 Å². The Bertz CT molecular complexity index is 110. The van der Waals surface area contributed by atoms with E-state index in [1.807, 2.05) is 0 Å². The van der Waals surface area contributed by atoms with Crippen molar-refractivity contribution in [2.45, 2.75) is 34.1 Å². The van der Waals surface area contributed by atoms with Gasteiger partial charge in [-0.25, -0.2) is 0 Å². The third kappa shape index (κ3) is 2410. The minimum atomic E-state index is 0. The SMILES string of the molecule is C[C-]=O.C[C-]=O.C[C-]=O.C[C-]=O.NCCCN.[Fe+4]. The maximum Gasteiger partial charge on any atom is 4.00 e. The molecule has 0 atom stereocenters. The van der Waals surface area contributed by atoms with E-state index < -0.39 is 0 Å². The van der Waals surface area contributed by atoms with Gasteiger partial charge in [0.15, 0.2) is 0 Å². The smallest absolute Gasteiger partial charge is 0.542 e. The Balaban J connectivity index is -0.0000000252. The van der Waals surface area contributed by atoms with Gasteiger partial charge in [-0.05, 0) is 19.5 Å². The molecule has 0 aromatic heterocycles. The van der Waals surface area contributed by atoms with E-state index in [0.29, 0.717) is 0 Å². The predicted octanol–water partition coefficient (Wildman–Crippen LogP) is -0.245. The molecule has 0 bridgehead atoms. The molecule has 0 heterocycles. The molecule has 0 aliphatic carbocycles. The van der Waals surface area contributed by atoms with Gasteiger partial charge in [-0.2, -0.15) is 27.7 Å². The maximum atomic E-state index is 8.68. The molecule has 4 N–H and O–H groups in total. The summed E-state index contributed by atoms with van der Waals surface area (Å²) in [5.41, 5.74) is 10.1. The van der Waals surface area contributed by atoms with Crippen molar-refractivity contribution in [3.05, 3.63) is 0 Å². The van der Waals surface area contributed by atoms with Gasteiger partial charge in [-0.1, -0.05) is 0 Å². The molecule has 0 unspecified atom stereocenters. The summed E-state index contributed by atoms with van der Waals surface area (Å²) in [4.78, 5) is 34.7. The van der Waals surface area contributed by atoms with E-state index in [9.17, 15) is 0 Å². The quantitative estimate of drug-likeness (QED) is 0.536. The number of hydrogen-bond donors (Lipinski definition) is 2. The number of rotatable bonds is 2. The second kappa shape index (κ2) is 98.4. The van der Waals surface area contributed by atoms with Crippen LogP contribution in [0.5, 0.6) is 0 Å². The summed E-state index contributed by atoms with van der Waals surface area (Å²) in [6.45, 7) is 6.72. The van der Waals surface area contributed by atoms with Crippen molar-refractivity contribution >= 4 is 25.1 Å². The first kappa shape index (κ1) is 36.0. The van der Waals surface area contributed by atoms with E-state index in [4.69, 9.17) is 30.6 Å². The minimum absolute atomic E-state index is 0. The molecule has 0 aliphatic heterocycles. The van der Waals surface area contributed by atoms with E-state index in [0.717, 1.165) is 19.5 Å². The van der Waals surface area contributed by atoms with Gasteiger partial charge in [0, 0.05) is 0 Å². The van der Waals surface area contributed by atoms with Crippen LogP contribution in [0.2, 0.25) is 0 Å². The standard InChI is InChI=1S/C3H10N2.4C2H3O.Fe/c4-2-1-3-5;4*1-2-3;/h1-5H2;4*1H3;/q;4*-1;+4. The summed E-state index contributed by atoms with van der Waals surface area (Å²) in [6, 6.07) is 0. The fourth-order valence-electron chi connectivity index (χ4n) is 0.118. The van der Waals surface area contributed by atoms with E-state index in [2.05, 4.69) is 0 Å². The molecule has 0 fully saturated rings. The van der Waals surface area contributed by atoms with E-state index in [1.165, 1.54) is 52.8 Å². The fourth-order valence-corrected chi connectivity index (χ4v) is 0.118. The molecule has 0 spiro atoms. The van der Waals surface area contributed by atoms with Crippen LogP contribution in [0.4, 0.5) is 0 Å². The number of nitrogens with two attached hydrogens (primary N) is 2. The second-order valence-corrected chi connectivity index (χ2v) is 1.75. The Kier molecular flexibility index (Phi) is 197. The first-order valence-electron chi connectivity index (χ1n) is 4.63. The van der Waals surface area contributed by atoms with Crippen molar-refractivity contribution in [1.82, 2.24) is 0 Å². The number of hydrogen-bond acceptors (Lipinski definition) is 6. The molecule has 6 nitrogen and oxygen atoms in total. The normalized spacial score (nSPS) is 5.22. The average Bonchev–Trinajstić information content (AvgIpc) is 2.23. The van der Waals surface area contributed by atoms with Gasteiger partial charge < -0.3 is 30.6 Å². The summed E-state index contributed by atoms with van der Waals surface area (Å²) in [5.74, 6) is 0. The Labute approximate surface area is 120 Å². The molecule has 0 rings (SSSR count). The Morgan fingerprint density at radius 3 is 0.778 bits per heavy atom. The summed E-state index contributed by atoms with van der Waals surface area (Å²) >= 11 is 0. The van der Waals surface area contributed by atoms with Gasteiger partial charge in [-0.15, -0.1) is 0 Å². The molecule has 7 heteroatoms. The van der Waals surface area contributed by atoms with Gasteiger partial charge in [0.1, 0.15) is 0 Å². The molecule has 0 radical (unpaired) electrons. The van der Waals surface area contributed by atoms with Gasteiger partial charge in [0.05, 0.1) is 0 Å². The molecular formula is C11H22FeN2O4. The van der Waals surface area contributed by atoms with Crippen LogP contribution in [0.25, 0.3) is 0 Å². The summed E-state index contributed by atoms with van der Waals surface area (Å²) < 4.78 is 0. The van der Waals surface area contributed by atoms with Crippen LogP contribution in [0, 0.1) is 0 Å². The van der Waals surface area contributed by atoms with Crippen molar-refractivity contribution in [1.29, 1.82) is 0 Å². The summed E-state index contributed by atoms with van der Waals surface area (Å²) in [7, 11) is 0. The van der Waals surface area contributed by atoms with Crippen LogP contribution < -0.4 is 11.5 Å². The van der Waals surface area contributed by atoms with E-state index in [1.54, 1.807) is 0 Å². The first-order chi connectivity index (χ1) is 8.07. The minimum Gasteiger partial charge on any atom is -0.542 e. The molecule has 0 saturated carbocycles. The summed E-state index contributed by atoms with van der Waals surface area (Å²) in [6.07, 6.45) is 6.94. The Morgan fingerprint density at radius 1 is 0.667 bits per heavy atom. The van der Waals surface area contributed by atoms with Crippen LogP contribution >= 0.6 is 0 Å². The van der Waals surface area contributed by atoms with Gasteiger partial charge in [-0.3, -0.25) is 25.1 Å². The van der Waals surface area contributed by atoms with Gasteiger partial charge >= 0.3 is 17.1 Å². The fraction of sp³-hybridized carbons (Fsp3) is 0.636. The zero-order chi connectivity index (χ0) is 14.9. The average molecular weight is 302 g/mol. The molecule has 0 aliphatic rings. The third-order valence-corrected chi connectivity index (χ3v) is 0.408. The van der Waals surface area contributed by atoms with Crippen LogP contribution in [-0.4, -0.2) is 38.2 Å². The molecule has 0 aromatic carbocycles. The van der Waals surface area contributed by atoms with Crippen LogP contribution in [-0.2, 0) is 36.2 Å². The molecule has 18 heavy (non-hydrogen) atoms. The maximum absolute atomic E-state index is 8.68. The van der Waals surface area contributed by atoms with Crippen molar-refractivity contribution in [2.24, 2.45) is 11.5 Å². The van der Waals surface area contributed by atoms with Crippen molar-refractivity contribution in [3.63, 3.8) is 0 Å². The number of carbonyl (C=O) groups excluding carboxylic acids is 4. The molecule has 108 valence electrons. The summed E-state index contributed by atoms with van der Waals surface area (Å²) in [5, 5.41) is 0. The van der Waals surface area contributed by atoms with Crippen molar-refractivity contribution < 1.29 is 36.2 Å². The van der Waals surface area contributed by atoms with Gasteiger partial charge in [0.25, 0.3) is 0 Å². The molecular weight excluding hydrogens is 280 g/mol. The van der Waals surface area contributed by atoms with E-state index >= 15 is 0 Å². The van der Waals surface area contributed by atoms with Crippen molar-refractivity contribution in [3.8, 4) is 0 Å². The second-order valence-electron chi connectivity index (χ2n) is 1.75. The Hall–Kier alpha value is -0.881. The third-order valence-electron chi connectivity index (χ3n) is 0.408. The zero-order valence-electron chi connectivity index (χ0n) is 11.3. The molecule has 0 aromatic rings. The van der Waals surface area contributed by atoms with Crippen LogP contribution in [0.15, 0.2) is 0 Å². The monoisotopic (exact) mass is 302 g/mol. The predicted molar refractivity (Wildman–Crippen MR) is 68.2 cm³/mol. The van der Waals surface area contributed by atoms with Crippen LogP contribution in [0.3, 0.4) is 0 Å². The zero-order valence-corrected chi connectivity index (χ0v) is 12.4. The molecule has 0 amide bonds. The van der Waals surface area contributed by atoms with Crippen molar-refractivity contribution in [2.75, 3.05) is 13.1 Å². The first-order valence-corrected chi connectivity index (χ1v) is 4.63.